The first-order chi connectivity index (χ1) is 12.1. The molecule has 2 N–H and O–H groups in total. The van der Waals surface area contributed by atoms with Gasteiger partial charge in [0.15, 0.2) is 5.11 Å². The zero-order valence-corrected chi connectivity index (χ0v) is 14.7. The SMILES string of the molecule is Cc1ccccc1Cn1cc(NC(=S)NCc2ccc(F)cc2)cn1. The van der Waals surface area contributed by atoms with Gasteiger partial charge < -0.3 is 10.6 Å². The summed E-state index contributed by atoms with van der Waals surface area (Å²) in [4.78, 5) is 0. The smallest absolute Gasteiger partial charge is 0.171 e. The van der Waals surface area contributed by atoms with Crippen LogP contribution in [0.1, 0.15) is 16.7 Å². The van der Waals surface area contributed by atoms with Crippen LogP contribution in [0, 0.1) is 12.7 Å². The number of aryl methyl sites for hydroxylation is 1. The summed E-state index contributed by atoms with van der Waals surface area (Å²) in [5.41, 5.74) is 4.25. The van der Waals surface area contributed by atoms with E-state index in [0.29, 0.717) is 18.2 Å². The van der Waals surface area contributed by atoms with Crippen molar-refractivity contribution in [3.8, 4) is 0 Å². The Labute approximate surface area is 151 Å². The first kappa shape index (κ1) is 17.1. The minimum atomic E-state index is -0.245. The molecule has 0 saturated carbocycles. The summed E-state index contributed by atoms with van der Waals surface area (Å²) < 4.78 is 14.8. The van der Waals surface area contributed by atoms with Crippen molar-refractivity contribution in [3.05, 3.63) is 83.4 Å². The van der Waals surface area contributed by atoms with Crippen molar-refractivity contribution in [2.45, 2.75) is 20.0 Å². The molecule has 3 aromatic rings. The van der Waals surface area contributed by atoms with Crippen molar-refractivity contribution < 1.29 is 4.39 Å². The van der Waals surface area contributed by atoms with E-state index in [1.807, 2.05) is 23.0 Å². The highest BCUT2D eigenvalue weighted by molar-refractivity contribution is 7.80. The number of halogens is 1. The molecule has 0 aliphatic carbocycles. The van der Waals surface area contributed by atoms with Crippen molar-refractivity contribution in [1.29, 1.82) is 0 Å². The van der Waals surface area contributed by atoms with Gasteiger partial charge >= 0.3 is 0 Å². The molecule has 0 unspecified atom stereocenters. The van der Waals surface area contributed by atoms with E-state index in [0.717, 1.165) is 11.3 Å². The number of nitrogens with one attached hydrogen (secondary N) is 2. The number of thiocarbonyl (C=S) groups is 1. The fourth-order valence-electron chi connectivity index (χ4n) is 2.44. The maximum Gasteiger partial charge on any atom is 0.171 e. The van der Waals surface area contributed by atoms with E-state index in [1.165, 1.54) is 23.3 Å². The highest BCUT2D eigenvalue weighted by Crippen LogP contribution is 2.11. The number of aromatic nitrogens is 2. The molecular weight excluding hydrogens is 335 g/mol. The molecule has 25 heavy (non-hydrogen) atoms. The Hall–Kier alpha value is -2.73. The summed E-state index contributed by atoms with van der Waals surface area (Å²) in [6.07, 6.45) is 3.66. The summed E-state index contributed by atoms with van der Waals surface area (Å²) in [5.74, 6) is -0.245. The molecule has 4 nitrogen and oxygen atoms in total. The molecule has 6 heteroatoms. The Morgan fingerprint density at radius 2 is 1.92 bits per heavy atom. The van der Waals surface area contributed by atoms with Crippen molar-refractivity contribution in [3.63, 3.8) is 0 Å². The molecule has 0 fully saturated rings. The molecule has 0 saturated heterocycles. The zero-order chi connectivity index (χ0) is 17.6. The number of nitrogens with zero attached hydrogens (tertiary/aromatic N) is 2. The van der Waals surface area contributed by atoms with Crippen LogP contribution in [0.5, 0.6) is 0 Å². The normalized spacial score (nSPS) is 10.5. The maximum absolute atomic E-state index is 12.9. The quantitative estimate of drug-likeness (QED) is 0.683. The van der Waals surface area contributed by atoms with Gasteiger partial charge in [-0.05, 0) is 48.0 Å². The van der Waals surface area contributed by atoms with Gasteiger partial charge in [0.25, 0.3) is 0 Å². The van der Waals surface area contributed by atoms with Gasteiger partial charge in [-0.1, -0.05) is 36.4 Å². The standard InChI is InChI=1S/C19H19FN4S/c1-14-4-2-3-5-16(14)12-24-13-18(11-22-24)23-19(25)21-10-15-6-8-17(20)9-7-15/h2-9,11,13H,10,12H2,1H3,(H2,21,23,25). The predicted octanol–water partition coefficient (Wildman–Crippen LogP) is 3.87. The summed E-state index contributed by atoms with van der Waals surface area (Å²) in [6, 6.07) is 14.6. The first-order valence-corrected chi connectivity index (χ1v) is 8.37. The van der Waals surface area contributed by atoms with E-state index in [-0.39, 0.29) is 5.82 Å². The minimum absolute atomic E-state index is 0.245. The van der Waals surface area contributed by atoms with Crippen LogP contribution in [0.2, 0.25) is 0 Å². The Morgan fingerprint density at radius 3 is 2.68 bits per heavy atom. The van der Waals surface area contributed by atoms with Crippen LogP contribution in [0.3, 0.4) is 0 Å². The van der Waals surface area contributed by atoms with Crippen LogP contribution < -0.4 is 10.6 Å². The van der Waals surface area contributed by atoms with Gasteiger partial charge in [0.05, 0.1) is 18.4 Å². The maximum atomic E-state index is 12.9. The lowest BCUT2D eigenvalue weighted by atomic mass is 10.1. The summed E-state index contributed by atoms with van der Waals surface area (Å²) in [7, 11) is 0. The summed E-state index contributed by atoms with van der Waals surface area (Å²) in [6.45, 7) is 3.33. The average Bonchev–Trinajstić information content (AvgIpc) is 3.03. The predicted molar refractivity (Wildman–Crippen MR) is 102 cm³/mol. The average molecular weight is 354 g/mol. The molecule has 128 valence electrons. The van der Waals surface area contributed by atoms with Crippen LogP contribution in [0.25, 0.3) is 0 Å². The van der Waals surface area contributed by atoms with Crippen molar-refractivity contribution in [2.24, 2.45) is 0 Å². The lowest BCUT2D eigenvalue weighted by molar-refractivity contribution is 0.627. The number of benzene rings is 2. The van der Waals surface area contributed by atoms with E-state index < -0.39 is 0 Å². The fraction of sp³-hybridized carbons (Fsp3) is 0.158. The van der Waals surface area contributed by atoms with Gasteiger partial charge in [-0.15, -0.1) is 0 Å². The van der Waals surface area contributed by atoms with Crippen LogP contribution in [0.4, 0.5) is 10.1 Å². The number of anilines is 1. The molecule has 0 atom stereocenters. The molecule has 0 aliphatic heterocycles. The van der Waals surface area contributed by atoms with E-state index >= 15 is 0 Å². The van der Waals surface area contributed by atoms with Gasteiger partial charge in [0, 0.05) is 12.7 Å². The van der Waals surface area contributed by atoms with Crippen LogP contribution in [0.15, 0.2) is 60.9 Å². The number of hydrogen-bond acceptors (Lipinski definition) is 2. The molecule has 0 amide bonds. The molecule has 3 rings (SSSR count). The summed E-state index contributed by atoms with van der Waals surface area (Å²) >= 11 is 5.29. The van der Waals surface area contributed by atoms with Crippen molar-refractivity contribution in [1.82, 2.24) is 15.1 Å². The van der Waals surface area contributed by atoms with E-state index in [9.17, 15) is 4.39 Å². The van der Waals surface area contributed by atoms with Crippen LogP contribution in [-0.4, -0.2) is 14.9 Å². The Bertz CT molecular complexity index is 858. The lowest BCUT2D eigenvalue weighted by Crippen LogP contribution is -2.27. The Balaban J connectivity index is 1.53. The van der Waals surface area contributed by atoms with Gasteiger partial charge in [0.1, 0.15) is 5.82 Å². The molecule has 2 aromatic carbocycles. The highest BCUT2D eigenvalue weighted by Gasteiger charge is 2.04. The van der Waals surface area contributed by atoms with Gasteiger partial charge in [-0.2, -0.15) is 5.10 Å². The molecule has 0 aliphatic rings. The molecule has 0 radical (unpaired) electrons. The molecule has 0 spiro atoms. The topological polar surface area (TPSA) is 41.9 Å². The van der Waals surface area contributed by atoms with E-state index in [2.05, 4.69) is 34.8 Å². The van der Waals surface area contributed by atoms with Gasteiger partial charge in [-0.3, -0.25) is 4.68 Å². The molecule has 1 heterocycles. The zero-order valence-electron chi connectivity index (χ0n) is 13.9. The molecule has 1 aromatic heterocycles. The van der Waals surface area contributed by atoms with Crippen molar-refractivity contribution >= 4 is 23.0 Å². The summed E-state index contributed by atoms with van der Waals surface area (Å²) in [5, 5.41) is 11.1. The van der Waals surface area contributed by atoms with Crippen molar-refractivity contribution in [2.75, 3.05) is 5.32 Å². The minimum Gasteiger partial charge on any atom is -0.358 e. The number of rotatable bonds is 5. The van der Waals surface area contributed by atoms with Crippen LogP contribution in [-0.2, 0) is 13.1 Å². The highest BCUT2D eigenvalue weighted by atomic mass is 32.1. The molecule has 0 bridgehead atoms. The Morgan fingerprint density at radius 1 is 1.16 bits per heavy atom. The van der Waals surface area contributed by atoms with Gasteiger partial charge in [-0.25, -0.2) is 4.39 Å². The van der Waals surface area contributed by atoms with E-state index in [1.54, 1.807) is 18.3 Å². The monoisotopic (exact) mass is 354 g/mol. The number of hydrogen-bond donors (Lipinski definition) is 2. The second-order valence-electron chi connectivity index (χ2n) is 5.79. The fourth-order valence-corrected chi connectivity index (χ4v) is 2.63. The molecular formula is C19H19FN4S. The van der Waals surface area contributed by atoms with Gasteiger partial charge in [0.2, 0.25) is 0 Å². The largest absolute Gasteiger partial charge is 0.358 e. The second-order valence-corrected chi connectivity index (χ2v) is 6.20. The third kappa shape index (κ3) is 4.87. The van der Waals surface area contributed by atoms with E-state index in [4.69, 9.17) is 12.2 Å². The second kappa shape index (κ2) is 7.90. The third-order valence-corrected chi connectivity index (χ3v) is 4.10. The van der Waals surface area contributed by atoms with Crippen LogP contribution >= 0.6 is 12.2 Å². The lowest BCUT2D eigenvalue weighted by Gasteiger charge is -2.09. The Kier molecular flexibility index (Phi) is 5.40. The first-order valence-electron chi connectivity index (χ1n) is 7.96. The third-order valence-electron chi connectivity index (χ3n) is 3.85.